The molecule has 0 saturated heterocycles. The van der Waals surface area contributed by atoms with Crippen molar-refractivity contribution in [1.82, 2.24) is 4.98 Å². The van der Waals surface area contributed by atoms with Crippen molar-refractivity contribution >= 4 is 17.3 Å². The summed E-state index contributed by atoms with van der Waals surface area (Å²) in [4.78, 5) is 16.0. The van der Waals surface area contributed by atoms with E-state index >= 15 is 0 Å². The molecule has 2 heterocycles. The van der Waals surface area contributed by atoms with Gasteiger partial charge >= 0.3 is 5.97 Å². The number of esters is 1. The molecule has 72 valence electrons. The average Bonchev–Trinajstić information content (AvgIpc) is 2.85. The van der Waals surface area contributed by atoms with E-state index in [9.17, 15) is 4.79 Å². The van der Waals surface area contributed by atoms with Crippen LogP contribution in [-0.2, 0) is 4.74 Å². The van der Waals surface area contributed by atoms with E-state index in [1.807, 2.05) is 0 Å². The number of nitrogens with zero attached hydrogens (tertiary/aromatic N) is 1. The number of hydrogen-bond acceptors (Lipinski definition) is 5. The molecule has 2 aromatic heterocycles. The van der Waals surface area contributed by atoms with E-state index in [0.717, 1.165) is 10.4 Å². The predicted molar refractivity (Wildman–Crippen MR) is 51.2 cm³/mol. The largest absolute Gasteiger partial charge is 0.472 e. The lowest BCUT2D eigenvalue weighted by Crippen LogP contribution is -2.02. The first kappa shape index (κ1) is 8.96. The van der Waals surface area contributed by atoms with Crippen LogP contribution in [0.15, 0.2) is 28.5 Å². The van der Waals surface area contributed by atoms with Gasteiger partial charge in [-0.2, -0.15) is 0 Å². The number of thiazole rings is 1. The molecule has 0 aliphatic rings. The van der Waals surface area contributed by atoms with Gasteiger partial charge in [-0.25, -0.2) is 9.78 Å². The Kier molecular flexibility index (Phi) is 2.32. The Labute approximate surface area is 84.1 Å². The zero-order chi connectivity index (χ0) is 9.97. The van der Waals surface area contributed by atoms with Gasteiger partial charge in [0, 0.05) is 5.56 Å². The summed E-state index contributed by atoms with van der Waals surface area (Å²) in [7, 11) is 1.33. The van der Waals surface area contributed by atoms with Crippen LogP contribution in [0.3, 0.4) is 0 Å². The molecule has 4 nitrogen and oxygen atoms in total. The number of carbonyl (C=O) groups excluding carboxylic acids is 1. The molecule has 0 aromatic carbocycles. The van der Waals surface area contributed by atoms with Crippen LogP contribution in [0.25, 0.3) is 10.4 Å². The fourth-order valence-corrected chi connectivity index (χ4v) is 1.85. The van der Waals surface area contributed by atoms with Gasteiger partial charge in [-0.05, 0) is 6.07 Å². The number of ether oxygens (including phenoxy) is 1. The first-order valence-corrected chi connectivity index (χ1v) is 4.75. The Bertz CT molecular complexity index is 433. The van der Waals surface area contributed by atoms with Crippen LogP contribution in [0.1, 0.15) is 10.5 Å². The molecule has 0 aliphatic heterocycles. The van der Waals surface area contributed by atoms with Crippen LogP contribution in [0.2, 0.25) is 0 Å². The highest BCUT2D eigenvalue weighted by Crippen LogP contribution is 2.28. The monoisotopic (exact) mass is 209 g/mol. The molecule has 14 heavy (non-hydrogen) atoms. The van der Waals surface area contributed by atoms with Crippen LogP contribution in [-0.4, -0.2) is 18.1 Å². The molecular formula is C9H7NO3S. The Morgan fingerprint density at radius 2 is 2.50 bits per heavy atom. The highest BCUT2D eigenvalue weighted by atomic mass is 32.1. The first-order chi connectivity index (χ1) is 6.83. The van der Waals surface area contributed by atoms with E-state index in [2.05, 4.69) is 9.72 Å². The van der Waals surface area contributed by atoms with Crippen LogP contribution in [0.5, 0.6) is 0 Å². The summed E-state index contributed by atoms with van der Waals surface area (Å²) in [5.74, 6) is -0.428. The maximum Gasteiger partial charge on any atom is 0.358 e. The molecule has 0 atom stereocenters. The lowest BCUT2D eigenvalue weighted by molar-refractivity contribution is 0.0596. The molecule has 2 aromatic rings. The second kappa shape index (κ2) is 3.63. The normalized spacial score (nSPS) is 10.1. The first-order valence-electron chi connectivity index (χ1n) is 3.87. The second-order valence-corrected chi connectivity index (χ2v) is 3.39. The van der Waals surface area contributed by atoms with Crippen molar-refractivity contribution < 1.29 is 13.9 Å². The number of aromatic nitrogens is 1. The van der Waals surface area contributed by atoms with Gasteiger partial charge in [0.05, 0.1) is 30.0 Å². The van der Waals surface area contributed by atoms with Crippen LogP contribution in [0.4, 0.5) is 0 Å². The van der Waals surface area contributed by atoms with Crippen LogP contribution >= 0.6 is 11.3 Å². The number of methoxy groups -OCH3 is 1. The lowest BCUT2D eigenvalue weighted by Gasteiger charge is -1.96. The standard InChI is InChI=1S/C9H7NO3S/c1-12-9(11)7-8(14-5-10-7)6-2-3-13-4-6/h2-5H,1H3. The maximum atomic E-state index is 11.3. The van der Waals surface area contributed by atoms with E-state index in [0.29, 0.717) is 5.69 Å². The minimum absolute atomic E-state index is 0.332. The summed E-state index contributed by atoms with van der Waals surface area (Å²) in [6.45, 7) is 0. The van der Waals surface area contributed by atoms with Crippen molar-refractivity contribution in [2.45, 2.75) is 0 Å². The molecule has 0 amide bonds. The summed E-state index contributed by atoms with van der Waals surface area (Å²) < 4.78 is 9.54. The molecule has 0 radical (unpaired) electrons. The average molecular weight is 209 g/mol. The molecule has 0 N–H and O–H groups in total. The summed E-state index contributed by atoms with van der Waals surface area (Å²) in [6.07, 6.45) is 3.12. The van der Waals surface area contributed by atoms with Gasteiger partial charge in [0.25, 0.3) is 0 Å². The molecule has 5 heteroatoms. The summed E-state index contributed by atoms with van der Waals surface area (Å²) in [5, 5.41) is 0. The molecular weight excluding hydrogens is 202 g/mol. The number of hydrogen-bond donors (Lipinski definition) is 0. The van der Waals surface area contributed by atoms with Gasteiger partial charge in [-0.3, -0.25) is 0 Å². The van der Waals surface area contributed by atoms with Crippen LogP contribution in [0, 0.1) is 0 Å². The van der Waals surface area contributed by atoms with Gasteiger partial charge in [0.1, 0.15) is 0 Å². The highest BCUT2D eigenvalue weighted by molar-refractivity contribution is 7.13. The third-order valence-corrected chi connectivity index (χ3v) is 2.61. The molecule has 0 saturated carbocycles. The van der Waals surface area contributed by atoms with Crippen molar-refractivity contribution in [3.05, 3.63) is 29.8 Å². The van der Waals surface area contributed by atoms with Gasteiger partial charge < -0.3 is 9.15 Å². The van der Waals surface area contributed by atoms with Crippen molar-refractivity contribution in [2.75, 3.05) is 7.11 Å². The van der Waals surface area contributed by atoms with Crippen molar-refractivity contribution in [2.24, 2.45) is 0 Å². The molecule has 0 unspecified atom stereocenters. The number of carbonyl (C=O) groups is 1. The van der Waals surface area contributed by atoms with E-state index in [1.165, 1.54) is 18.4 Å². The second-order valence-electron chi connectivity index (χ2n) is 2.53. The SMILES string of the molecule is COC(=O)c1ncsc1-c1ccoc1. The van der Waals surface area contributed by atoms with E-state index in [-0.39, 0.29) is 0 Å². The summed E-state index contributed by atoms with van der Waals surface area (Å²) in [6, 6.07) is 1.78. The molecule has 0 bridgehead atoms. The van der Waals surface area contributed by atoms with Crippen LogP contribution < -0.4 is 0 Å². The number of rotatable bonds is 2. The Morgan fingerprint density at radius 3 is 3.14 bits per heavy atom. The van der Waals surface area contributed by atoms with E-state index < -0.39 is 5.97 Å². The topological polar surface area (TPSA) is 52.3 Å². The van der Waals surface area contributed by atoms with Gasteiger partial charge in [-0.15, -0.1) is 11.3 Å². The summed E-state index contributed by atoms with van der Waals surface area (Å²) >= 11 is 1.38. The molecule has 0 aliphatic carbocycles. The molecule has 0 spiro atoms. The van der Waals surface area contributed by atoms with Gasteiger partial charge in [0.15, 0.2) is 5.69 Å². The molecule has 2 rings (SSSR count). The zero-order valence-corrected chi connectivity index (χ0v) is 8.21. The fourth-order valence-electron chi connectivity index (χ4n) is 1.09. The smallest absolute Gasteiger partial charge is 0.358 e. The van der Waals surface area contributed by atoms with Gasteiger partial charge in [0.2, 0.25) is 0 Å². The summed E-state index contributed by atoms with van der Waals surface area (Å²) in [5.41, 5.74) is 2.78. The van der Waals surface area contributed by atoms with Crippen molar-refractivity contribution in [3.63, 3.8) is 0 Å². The van der Waals surface area contributed by atoms with E-state index in [4.69, 9.17) is 4.42 Å². The fraction of sp³-hybridized carbons (Fsp3) is 0.111. The van der Waals surface area contributed by atoms with Crippen molar-refractivity contribution in [1.29, 1.82) is 0 Å². The zero-order valence-electron chi connectivity index (χ0n) is 7.39. The Hall–Kier alpha value is -1.62. The minimum Gasteiger partial charge on any atom is -0.472 e. The quantitative estimate of drug-likeness (QED) is 0.711. The third kappa shape index (κ3) is 1.42. The number of furan rings is 1. The Morgan fingerprint density at radius 1 is 1.64 bits per heavy atom. The maximum absolute atomic E-state index is 11.3. The Balaban J connectivity index is 2.45. The molecule has 0 fully saturated rings. The van der Waals surface area contributed by atoms with Gasteiger partial charge in [-0.1, -0.05) is 0 Å². The minimum atomic E-state index is -0.428. The van der Waals surface area contributed by atoms with E-state index in [1.54, 1.807) is 24.1 Å². The van der Waals surface area contributed by atoms with Crippen molar-refractivity contribution in [3.8, 4) is 10.4 Å². The predicted octanol–water partition coefficient (Wildman–Crippen LogP) is 2.19. The lowest BCUT2D eigenvalue weighted by atomic mass is 10.2. The highest BCUT2D eigenvalue weighted by Gasteiger charge is 2.16. The third-order valence-electron chi connectivity index (χ3n) is 1.73.